The fourth-order valence-electron chi connectivity index (χ4n) is 7.04. The molecule has 41 heavy (non-hydrogen) atoms. The van der Waals surface area contributed by atoms with E-state index in [1.807, 2.05) is 24.3 Å². The van der Waals surface area contributed by atoms with Crippen LogP contribution in [0, 0.1) is 0 Å². The molecule has 0 radical (unpaired) electrons. The first-order valence-electron chi connectivity index (χ1n) is 14.0. The van der Waals surface area contributed by atoms with Crippen LogP contribution >= 0.6 is 0 Å². The topological polar surface area (TPSA) is 43.9 Å². The standard InChI is InChI=1S/C37H25N3O/c1-37(2)28-17-9-6-14-23(28)25-20-21-26-24-15-7-10-18-29(24)40(34(26)32(25)37)36-38-33(22-12-4-3-5-13-22)31-27-16-8-11-19-30(27)41-35(31)39-36/h3-21H,1-2H3. The number of hydrogen-bond acceptors (Lipinski definition) is 3. The van der Waals surface area contributed by atoms with Gasteiger partial charge >= 0.3 is 0 Å². The molecule has 9 rings (SSSR count). The zero-order valence-electron chi connectivity index (χ0n) is 22.7. The minimum absolute atomic E-state index is 0.191. The van der Waals surface area contributed by atoms with Crippen molar-refractivity contribution in [1.82, 2.24) is 14.5 Å². The second-order valence-corrected chi connectivity index (χ2v) is 11.4. The molecule has 3 aromatic heterocycles. The number of furan rings is 1. The number of nitrogens with zero attached hydrogens (tertiary/aromatic N) is 3. The minimum Gasteiger partial charge on any atom is -0.437 e. The highest BCUT2D eigenvalue weighted by atomic mass is 16.3. The van der Waals surface area contributed by atoms with Gasteiger partial charge in [0.1, 0.15) is 5.58 Å². The Morgan fingerprint density at radius 2 is 1.37 bits per heavy atom. The SMILES string of the molecule is CC1(C)c2ccccc2-c2ccc3c4ccccc4n(-c4nc(-c5ccccc5)c5c(n4)oc4ccccc45)c3c21. The smallest absolute Gasteiger partial charge is 0.238 e. The molecule has 0 spiro atoms. The van der Waals surface area contributed by atoms with Crippen LogP contribution in [-0.2, 0) is 5.41 Å². The van der Waals surface area contributed by atoms with Crippen LogP contribution in [0.2, 0.25) is 0 Å². The second kappa shape index (κ2) is 7.92. The Labute approximate surface area is 236 Å². The lowest BCUT2D eigenvalue weighted by atomic mass is 9.81. The maximum Gasteiger partial charge on any atom is 0.238 e. The summed E-state index contributed by atoms with van der Waals surface area (Å²) in [5, 5.41) is 4.35. The lowest BCUT2D eigenvalue weighted by molar-refractivity contribution is 0.650. The van der Waals surface area contributed by atoms with E-state index in [1.54, 1.807) is 0 Å². The van der Waals surface area contributed by atoms with Crippen LogP contribution in [0.3, 0.4) is 0 Å². The predicted octanol–water partition coefficient (Wildman–Crippen LogP) is 9.45. The molecule has 194 valence electrons. The van der Waals surface area contributed by atoms with Crippen LogP contribution < -0.4 is 0 Å². The van der Waals surface area contributed by atoms with Crippen molar-refractivity contribution in [3.8, 4) is 28.3 Å². The number of hydrogen-bond donors (Lipinski definition) is 0. The fourth-order valence-corrected chi connectivity index (χ4v) is 7.04. The van der Waals surface area contributed by atoms with Crippen molar-refractivity contribution in [3.05, 3.63) is 126 Å². The zero-order valence-corrected chi connectivity index (χ0v) is 22.7. The van der Waals surface area contributed by atoms with E-state index in [4.69, 9.17) is 14.4 Å². The molecule has 0 bridgehead atoms. The molecular weight excluding hydrogens is 502 g/mol. The van der Waals surface area contributed by atoms with Gasteiger partial charge in [0.2, 0.25) is 11.7 Å². The van der Waals surface area contributed by atoms with Gasteiger partial charge in [-0.3, -0.25) is 4.57 Å². The highest BCUT2D eigenvalue weighted by Gasteiger charge is 2.38. The number of para-hydroxylation sites is 2. The normalized spacial score (nSPS) is 13.8. The monoisotopic (exact) mass is 527 g/mol. The van der Waals surface area contributed by atoms with Gasteiger partial charge in [0.05, 0.1) is 22.1 Å². The van der Waals surface area contributed by atoms with E-state index < -0.39 is 0 Å². The molecule has 1 aliphatic carbocycles. The molecule has 8 aromatic rings. The van der Waals surface area contributed by atoms with E-state index in [0.717, 1.165) is 38.6 Å². The molecule has 0 saturated carbocycles. The summed E-state index contributed by atoms with van der Waals surface area (Å²) in [4.78, 5) is 10.5. The lowest BCUT2D eigenvalue weighted by Crippen LogP contribution is -2.17. The fraction of sp³-hybridized carbons (Fsp3) is 0.0811. The Morgan fingerprint density at radius 3 is 2.24 bits per heavy atom. The number of fused-ring (bicyclic) bond motifs is 10. The Morgan fingerprint density at radius 1 is 0.634 bits per heavy atom. The highest BCUT2D eigenvalue weighted by molar-refractivity contribution is 6.14. The van der Waals surface area contributed by atoms with Crippen LogP contribution in [0.1, 0.15) is 25.0 Å². The summed E-state index contributed by atoms with van der Waals surface area (Å²) >= 11 is 0. The molecule has 4 heteroatoms. The Hall–Kier alpha value is -5.22. The number of rotatable bonds is 2. The maximum atomic E-state index is 6.40. The quantitative estimate of drug-likeness (QED) is 0.225. The third kappa shape index (κ3) is 2.94. The molecule has 1 aliphatic rings. The van der Waals surface area contributed by atoms with Crippen molar-refractivity contribution in [2.75, 3.05) is 0 Å². The van der Waals surface area contributed by atoms with Crippen LogP contribution in [0.4, 0.5) is 0 Å². The first-order valence-corrected chi connectivity index (χ1v) is 14.0. The van der Waals surface area contributed by atoms with Crippen molar-refractivity contribution in [3.63, 3.8) is 0 Å². The van der Waals surface area contributed by atoms with Crippen molar-refractivity contribution in [1.29, 1.82) is 0 Å². The summed E-state index contributed by atoms with van der Waals surface area (Å²) in [6, 6.07) is 40.4. The highest BCUT2D eigenvalue weighted by Crippen LogP contribution is 2.52. The molecular formula is C37H25N3O. The predicted molar refractivity (Wildman–Crippen MR) is 167 cm³/mol. The third-order valence-electron chi connectivity index (χ3n) is 8.83. The van der Waals surface area contributed by atoms with Crippen LogP contribution in [0.5, 0.6) is 0 Å². The molecule has 0 atom stereocenters. The molecule has 0 aliphatic heterocycles. The number of benzene rings is 5. The van der Waals surface area contributed by atoms with Gasteiger partial charge in [-0.15, -0.1) is 0 Å². The molecule has 5 aromatic carbocycles. The maximum absolute atomic E-state index is 6.40. The Balaban J connectivity index is 1.46. The summed E-state index contributed by atoms with van der Waals surface area (Å²) in [5.74, 6) is 0.613. The van der Waals surface area contributed by atoms with E-state index >= 15 is 0 Å². The van der Waals surface area contributed by atoms with Gasteiger partial charge in [0.25, 0.3) is 0 Å². The lowest BCUT2D eigenvalue weighted by Gasteiger charge is -2.23. The Bertz CT molecular complexity index is 2340. The van der Waals surface area contributed by atoms with E-state index in [2.05, 4.69) is 109 Å². The molecule has 0 unspecified atom stereocenters. The van der Waals surface area contributed by atoms with Gasteiger partial charge in [-0.1, -0.05) is 117 Å². The van der Waals surface area contributed by atoms with E-state index in [9.17, 15) is 0 Å². The third-order valence-corrected chi connectivity index (χ3v) is 8.83. The minimum atomic E-state index is -0.191. The van der Waals surface area contributed by atoms with Crippen molar-refractivity contribution in [2.24, 2.45) is 0 Å². The first kappa shape index (κ1) is 22.6. The van der Waals surface area contributed by atoms with Gasteiger partial charge in [-0.05, 0) is 34.4 Å². The molecule has 0 N–H and O–H groups in total. The second-order valence-electron chi connectivity index (χ2n) is 11.4. The number of aromatic nitrogens is 3. The van der Waals surface area contributed by atoms with Gasteiger partial charge in [0.15, 0.2) is 0 Å². The van der Waals surface area contributed by atoms with Gasteiger partial charge in [-0.25, -0.2) is 4.98 Å². The van der Waals surface area contributed by atoms with Crippen molar-refractivity contribution in [2.45, 2.75) is 19.3 Å². The largest absolute Gasteiger partial charge is 0.437 e. The molecule has 3 heterocycles. The van der Waals surface area contributed by atoms with Gasteiger partial charge < -0.3 is 4.42 Å². The first-order chi connectivity index (χ1) is 20.1. The van der Waals surface area contributed by atoms with E-state index in [0.29, 0.717) is 11.7 Å². The summed E-state index contributed by atoms with van der Waals surface area (Å²) in [5.41, 5.74) is 10.6. The molecule has 0 fully saturated rings. The van der Waals surface area contributed by atoms with Crippen molar-refractivity contribution < 1.29 is 4.42 Å². The molecule has 0 saturated heterocycles. The van der Waals surface area contributed by atoms with Gasteiger partial charge in [0, 0.05) is 27.1 Å². The average molecular weight is 528 g/mol. The van der Waals surface area contributed by atoms with Crippen molar-refractivity contribution >= 4 is 43.9 Å². The Kier molecular flexibility index (Phi) is 4.36. The van der Waals surface area contributed by atoms with E-state index in [1.165, 1.54) is 33.0 Å². The van der Waals surface area contributed by atoms with Crippen LogP contribution in [-0.4, -0.2) is 14.5 Å². The summed E-state index contributed by atoms with van der Waals surface area (Å²) in [6.07, 6.45) is 0. The van der Waals surface area contributed by atoms with Crippen LogP contribution in [0.25, 0.3) is 72.2 Å². The summed E-state index contributed by atoms with van der Waals surface area (Å²) in [7, 11) is 0. The summed E-state index contributed by atoms with van der Waals surface area (Å²) in [6.45, 7) is 4.66. The summed E-state index contributed by atoms with van der Waals surface area (Å²) < 4.78 is 8.66. The van der Waals surface area contributed by atoms with Gasteiger partial charge in [-0.2, -0.15) is 4.98 Å². The molecule has 4 nitrogen and oxygen atoms in total. The average Bonchev–Trinajstić information content (AvgIpc) is 3.63. The molecule has 0 amide bonds. The zero-order chi connectivity index (χ0) is 27.3. The van der Waals surface area contributed by atoms with Crippen LogP contribution in [0.15, 0.2) is 120 Å². The van der Waals surface area contributed by atoms with E-state index in [-0.39, 0.29) is 5.41 Å².